The summed E-state index contributed by atoms with van der Waals surface area (Å²) in [7, 11) is 0. The van der Waals surface area contributed by atoms with Gasteiger partial charge in [0.1, 0.15) is 11.5 Å². The van der Waals surface area contributed by atoms with Gasteiger partial charge >= 0.3 is 0 Å². The van der Waals surface area contributed by atoms with E-state index in [1.807, 2.05) is 13.8 Å². The summed E-state index contributed by atoms with van der Waals surface area (Å²) in [6.07, 6.45) is 2.54. The van der Waals surface area contributed by atoms with E-state index in [-0.39, 0.29) is 11.3 Å². The van der Waals surface area contributed by atoms with E-state index in [2.05, 4.69) is 0 Å². The second-order valence-corrected chi connectivity index (χ2v) is 7.71. The number of amides is 1. The van der Waals surface area contributed by atoms with E-state index in [1.54, 1.807) is 53.4 Å². The van der Waals surface area contributed by atoms with Crippen molar-refractivity contribution in [2.45, 2.75) is 39.2 Å². The lowest BCUT2D eigenvalue weighted by atomic mass is 9.95. The number of hydrogen-bond acceptors (Lipinski definition) is 4. The van der Waals surface area contributed by atoms with Gasteiger partial charge in [-0.2, -0.15) is 0 Å². The van der Waals surface area contributed by atoms with Crippen molar-refractivity contribution in [3.05, 3.63) is 70.3 Å². The Kier molecular flexibility index (Phi) is 7.16. The molecular formula is C24H26ClNO4. The van der Waals surface area contributed by atoms with Gasteiger partial charge in [-0.3, -0.25) is 9.59 Å². The SMILES string of the molecule is CCCCN1C(=O)C(=O)/C(=C(\O)c2ccc(OCCC)cc2)C1c1ccc(Cl)cc1. The first-order valence-electron chi connectivity index (χ1n) is 10.2. The third kappa shape index (κ3) is 4.51. The van der Waals surface area contributed by atoms with Crippen LogP contribution in [0.15, 0.2) is 54.1 Å². The molecule has 1 aliphatic heterocycles. The third-order valence-corrected chi connectivity index (χ3v) is 5.33. The fourth-order valence-corrected chi connectivity index (χ4v) is 3.64. The highest BCUT2D eigenvalue weighted by molar-refractivity contribution is 6.46. The Bertz CT molecular complexity index is 935. The summed E-state index contributed by atoms with van der Waals surface area (Å²) >= 11 is 6.02. The minimum Gasteiger partial charge on any atom is -0.507 e. The van der Waals surface area contributed by atoms with E-state index in [1.165, 1.54) is 0 Å². The number of Topliss-reactive ketones (excluding diaryl/α,β-unsaturated/α-hetero) is 1. The van der Waals surface area contributed by atoms with Crippen LogP contribution >= 0.6 is 11.6 Å². The van der Waals surface area contributed by atoms with Crippen LogP contribution < -0.4 is 4.74 Å². The largest absolute Gasteiger partial charge is 0.507 e. The Morgan fingerprint density at radius 1 is 1.03 bits per heavy atom. The highest BCUT2D eigenvalue weighted by atomic mass is 35.5. The summed E-state index contributed by atoms with van der Waals surface area (Å²) in [4.78, 5) is 27.2. The average Bonchev–Trinajstić information content (AvgIpc) is 3.01. The Morgan fingerprint density at radius 3 is 2.30 bits per heavy atom. The molecule has 1 amide bonds. The summed E-state index contributed by atoms with van der Waals surface area (Å²) in [6.45, 7) is 5.09. The maximum absolute atomic E-state index is 12.9. The van der Waals surface area contributed by atoms with Crippen molar-refractivity contribution in [2.24, 2.45) is 0 Å². The van der Waals surface area contributed by atoms with Crippen LogP contribution in [0.25, 0.3) is 5.76 Å². The molecule has 0 aliphatic carbocycles. The third-order valence-electron chi connectivity index (χ3n) is 5.08. The number of nitrogens with zero attached hydrogens (tertiary/aromatic N) is 1. The lowest BCUT2D eigenvalue weighted by Gasteiger charge is -2.25. The van der Waals surface area contributed by atoms with E-state index in [9.17, 15) is 14.7 Å². The number of unbranched alkanes of at least 4 members (excludes halogenated alkanes) is 1. The molecule has 1 unspecified atom stereocenters. The summed E-state index contributed by atoms with van der Waals surface area (Å²) in [5.74, 6) is -0.761. The molecule has 158 valence electrons. The van der Waals surface area contributed by atoms with Crippen LogP contribution in [-0.2, 0) is 9.59 Å². The zero-order valence-corrected chi connectivity index (χ0v) is 18.0. The average molecular weight is 428 g/mol. The first kappa shape index (κ1) is 21.9. The second-order valence-electron chi connectivity index (χ2n) is 7.27. The number of carbonyl (C=O) groups excluding carboxylic acids is 2. The van der Waals surface area contributed by atoms with Crippen molar-refractivity contribution in [3.63, 3.8) is 0 Å². The van der Waals surface area contributed by atoms with Crippen LogP contribution in [-0.4, -0.2) is 34.8 Å². The summed E-state index contributed by atoms with van der Waals surface area (Å²) < 4.78 is 5.58. The number of likely N-dealkylation sites (tertiary alicyclic amines) is 1. The van der Waals surface area contributed by atoms with Gasteiger partial charge in [-0.1, -0.05) is 44.0 Å². The number of benzene rings is 2. The maximum atomic E-state index is 12.9. The zero-order chi connectivity index (χ0) is 21.7. The number of hydrogen-bond donors (Lipinski definition) is 1. The molecule has 5 nitrogen and oxygen atoms in total. The molecule has 1 aliphatic rings. The van der Waals surface area contributed by atoms with Gasteiger partial charge in [0.05, 0.1) is 18.2 Å². The first-order valence-corrected chi connectivity index (χ1v) is 10.6. The standard InChI is InChI=1S/C24H26ClNO4/c1-3-5-14-26-21(16-6-10-18(25)11-7-16)20(23(28)24(26)29)22(27)17-8-12-19(13-9-17)30-15-4-2/h6-13,21,27H,3-5,14-15H2,1-2H3/b22-20-. The Labute approximate surface area is 181 Å². The van der Waals surface area contributed by atoms with E-state index >= 15 is 0 Å². The van der Waals surface area contributed by atoms with Crippen LogP contribution in [0.5, 0.6) is 5.75 Å². The highest BCUT2D eigenvalue weighted by Gasteiger charge is 2.45. The maximum Gasteiger partial charge on any atom is 0.295 e. The van der Waals surface area contributed by atoms with Gasteiger partial charge in [-0.25, -0.2) is 0 Å². The molecule has 1 fully saturated rings. The topological polar surface area (TPSA) is 66.8 Å². The molecule has 0 saturated carbocycles. The molecule has 30 heavy (non-hydrogen) atoms. The first-order chi connectivity index (χ1) is 14.5. The molecule has 0 bridgehead atoms. The quantitative estimate of drug-likeness (QED) is 0.350. The van der Waals surface area contributed by atoms with Crippen molar-refractivity contribution < 1.29 is 19.4 Å². The minimum absolute atomic E-state index is 0.0978. The number of ketones is 1. The summed E-state index contributed by atoms with van der Waals surface area (Å²) in [5, 5.41) is 11.6. The smallest absolute Gasteiger partial charge is 0.295 e. The van der Waals surface area contributed by atoms with Crippen molar-refractivity contribution in [3.8, 4) is 5.75 Å². The lowest BCUT2D eigenvalue weighted by Crippen LogP contribution is -2.30. The number of halogens is 1. The molecule has 3 rings (SSSR count). The number of rotatable bonds is 8. The summed E-state index contributed by atoms with van der Waals surface area (Å²) in [5.41, 5.74) is 1.30. The van der Waals surface area contributed by atoms with Gasteiger partial charge in [-0.15, -0.1) is 0 Å². The molecule has 0 radical (unpaired) electrons. The molecule has 1 atom stereocenters. The Balaban J connectivity index is 2.04. The van der Waals surface area contributed by atoms with Gasteiger partial charge in [0.15, 0.2) is 0 Å². The van der Waals surface area contributed by atoms with Crippen LogP contribution in [0, 0.1) is 0 Å². The molecule has 1 heterocycles. The zero-order valence-electron chi connectivity index (χ0n) is 17.2. The number of ether oxygens (including phenoxy) is 1. The number of carbonyl (C=O) groups is 2. The molecule has 1 saturated heterocycles. The fourth-order valence-electron chi connectivity index (χ4n) is 3.52. The lowest BCUT2D eigenvalue weighted by molar-refractivity contribution is -0.139. The molecule has 2 aromatic carbocycles. The Hall–Kier alpha value is -2.79. The molecule has 1 N–H and O–H groups in total. The monoisotopic (exact) mass is 427 g/mol. The van der Waals surface area contributed by atoms with Crippen molar-refractivity contribution >= 4 is 29.1 Å². The normalized spacial score (nSPS) is 18.1. The minimum atomic E-state index is -0.671. The van der Waals surface area contributed by atoms with Crippen LogP contribution in [0.2, 0.25) is 5.02 Å². The number of aliphatic hydroxyl groups excluding tert-OH is 1. The predicted octanol–water partition coefficient (Wildman–Crippen LogP) is 5.35. The van der Waals surface area contributed by atoms with Gasteiger partial charge in [0, 0.05) is 17.1 Å². The summed E-state index contributed by atoms with van der Waals surface area (Å²) in [6, 6.07) is 13.2. The highest BCUT2D eigenvalue weighted by Crippen LogP contribution is 2.40. The molecular weight excluding hydrogens is 402 g/mol. The van der Waals surface area contributed by atoms with E-state index in [4.69, 9.17) is 16.3 Å². The van der Waals surface area contributed by atoms with Gasteiger partial charge in [0.25, 0.3) is 11.7 Å². The van der Waals surface area contributed by atoms with Crippen LogP contribution in [0.4, 0.5) is 0 Å². The molecule has 6 heteroatoms. The van der Waals surface area contributed by atoms with Gasteiger partial charge in [-0.05, 0) is 54.8 Å². The van der Waals surface area contributed by atoms with Crippen molar-refractivity contribution in [1.82, 2.24) is 4.90 Å². The molecule has 0 aromatic heterocycles. The van der Waals surface area contributed by atoms with E-state index in [0.29, 0.717) is 29.5 Å². The van der Waals surface area contributed by atoms with Crippen molar-refractivity contribution in [1.29, 1.82) is 0 Å². The van der Waals surface area contributed by atoms with Crippen LogP contribution in [0.1, 0.15) is 50.3 Å². The Morgan fingerprint density at radius 2 is 1.70 bits per heavy atom. The van der Waals surface area contributed by atoms with E-state index in [0.717, 1.165) is 24.8 Å². The predicted molar refractivity (Wildman–Crippen MR) is 118 cm³/mol. The van der Waals surface area contributed by atoms with Crippen molar-refractivity contribution in [2.75, 3.05) is 13.2 Å². The van der Waals surface area contributed by atoms with Crippen LogP contribution in [0.3, 0.4) is 0 Å². The number of aliphatic hydroxyl groups is 1. The van der Waals surface area contributed by atoms with Gasteiger partial charge in [0.2, 0.25) is 0 Å². The fraction of sp³-hybridized carbons (Fsp3) is 0.333. The second kappa shape index (κ2) is 9.81. The molecule has 0 spiro atoms. The van der Waals surface area contributed by atoms with Gasteiger partial charge < -0.3 is 14.7 Å². The molecule has 2 aromatic rings. The van der Waals surface area contributed by atoms with E-state index < -0.39 is 17.7 Å².